The lowest BCUT2D eigenvalue weighted by atomic mass is 9.97. The van der Waals surface area contributed by atoms with Gasteiger partial charge in [-0.1, -0.05) is 12.1 Å². The minimum Gasteiger partial charge on any atom is -0.462 e. The van der Waals surface area contributed by atoms with Crippen molar-refractivity contribution in [2.24, 2.45) is 0 Å². The average molecular weight is 421 g/mol. The highest BCUT2D eigenvalue weighted by atomic mass is 31.2. The summed E-state index contributed by atoms with van der Waals surface area (Å²) in [5.74, 6) is 0.461. The third kappa shape index (κ3) is 4.11. The fourth-order valence-electron chi connectivity index (χ4n) is 3.91. The number of aliphatic hydroxyl groups excluding tert-OH is 3. The molecule has 1 saturated heterocycles. The Labute approximate surface area is 169 Å². The van der Waals surface area contributed by atoms with E-state index in [0.29, 0.717) is 17.9 Å². The number of nitrogens with two attached hydrogens (primary N) is 1. The SMILES string of the molecule is Nc1ccc2c(c1)Cc1cc(O[C@H]3OC(CCP(O)O)[C@@H](O)C(O)C3O)ccc1-2. The highest BCUT2D eigenvalue weighted by Crippen LogP contribution is 2.39. The average Bonchev–Trinajstić information content (AvgIpc) is 3.03. The number of benzene rings is 2. The van der Waals surface area contributed by atoms with Gasteiger partial charge in [-0.05, 0) is 59.4 Å². The Morgan fingerprint density at radius 2 is 1.66 bits per heavy atom. The Morgan fingerprint density at radius 3 is 2.38 bits per heavy atom. The molecule has 29 heavy (non-hydrogen) atoms. The van der Waals surface area contributed by atoms with E-state index in [4.69, 9.17) is 25.0 Å². The van der Waals surface area contributed by atoms with Gasteiger partial charge in [0.25, 0.3) is 0 Å². The lowest BCUT2D eigenvalue weighted by Crippen LogP contribution is -2.59. The Hall–Kier alpha value is -1.77. The quantitative estimate of drug-likeness (QED) is 0.261. The van der Waals surface area contributed by atoms with Crippen molar-refractivity contribution >= 4 is 14.1 Å². The molecule has 2 aliphatic rings. The van der Waals surface area contributed by atoms with Crippen LogP contribution in [0.25, 0.3) is 11.1 Å². The van der Waals surface area contributed by atoms with Gasteiger partial charge in [-0.2, -0.15) is 0 Å². The summed E-state index contributed by atoms with van der Waals surface area (Å²) in [7, 11) is -2.15. The minimum absolute atomic E-state index is 0.0207. The molecule has 5 atom stereocenters. The summed E-state index contributed by atoms with van der Waals surface area (Å²) in [6.07, 6.45) is -5.50. The Balaban J connectivity index is 1.50. The molecule has 1 fully saturated rings. The van der Waals surface area contributed by atoms with Crippen LogP contribution in [-0.2, 0) is 11.2 Å². The molecule has 3 unspecified atom stereocenters. The van der Waals surface area contributed by atoms with Crippen molar-refractivity contribution in [2.75, 3.05) is 11.9 Å². The molecule has 1 aliphatic carbocycles. The maximum Gasteiger partial charge on any atom is 0.229 e. The molecule has 0 spiro atoms. The van der Waals surface area contributed by atoms with Crippen molar-refractivity contribution in [3.63, 3.8) is 0 Å². The van der Waals surface area contributed by atoms with E-state index in [-0.39, 0.29) is 12.6 Å². The zero-order valence-corrected chi connectivity index (χ0v) is 16.4. The smallest absolute Gasteiger partial charge is 0.229 e. The molecule has 7 N–H and O–H groups in total. The van der Waals surface area contributed by atoms with Gasteiger partial charge in [-0.25, -0.2) is 0 Å². The van der Waals surface area contributed by atoms with Crippen LogP contribution in [0, 0.1) is 0 Å². The summed E-state index contributed by atoms with van der Waals surface area (Å²) in [6, 6.07) is 11.3. The molecule has 8 nitrogen and oxygen atoms in total. The summed E-state index contributed by atoms with van der Waals surface area (Å²) in [5, 5.41) is 30.5. The van der Waals surface area contributed by atoms with Crippen LogP contribution in [0.4, 0.5) is 5.69 Å². The van der Waals surface area contributed by atoms with Gasteiger partial charge in [0.2, 0.25) is 6.29 Å². The van der Waals surface area contributed by atoms with E-state index in [1.54, 1.807) is 6.07 Å². The molecule has 0 aromatic heterocycles. The zero-order valence-electron chi connectivity index (χ0n) is 15.5. The summed E-state index contributed by atoms with van der Waals surface area (Å²) >= 11 is 0. The van der Waals surface area contributed by atoms with Crippen molar-refractivity contribution in [3.05, 3.63) is 47.5 Å². The monoisotopic (exact) mass is 421 g/mol. The standard InChI is InChI=1S/C20H24NO7P/c21-12-1-3-14-10(8-12)7-11-9-13(2-4-15(11)14)27-20-19(24)18(23)17(22)16(28-20)5-6-29(25)26/h1-4,8-9,16-20,22-26H,5-7,21H2/t16?,17-,18?,19?,20+/m1/s1. The number of nitrogen functional groups attached to an aromatic ring is 1. The zero-order chi connectivity index (χ0) is 20.7. The first kappa shape index (κ1) is 20.5. The Bertz CT molecular complexity index is 893. The van der Waals surface area contributed by atoms with Crippen molar-refractivity contribution in [3.8, 4) is 16.9 Å². The number of rotatable bonds is 5. The van der Waals surface area contributed by atoms with Crippen LogP contribution in [0.2, 0.25) is 0 Å². The maximum absolute atomic E-state index is 10.3. The van der Waals surface area contributed by atoms with Crippen molar-refractivity contribution < 1.29 is 34.6 Å². The molecule has 0 amide bonds. The summed E-state index contributed by atoms with van der Waals surface area (Å²) < 4.78 is 11.4. The molecule has 0 bridgehead atoms. The third-order valence-electron chi connectivity index (χ3n) is 5.41. The lowest BCUT2D eigenvalue weighted by molar-refractivity contribution is -0.272. The number of aliphatic hydroxyl groups is 3. The van der Waals surface area contributed by atoms with Crippen LogP contribution >= 0.6 is 8.38 Å². The van der Waals surface area contributed by atoms with Gasteiger partial charge in [-0.15, -0.1) is 0 Å². The number of anilines is 1. The van der Waals surface area contributed by atoms with Crippen LogP contribution in [0.15, 0.2) is 36.4 Å². The highest BCUT2D eigenvalue weighted by Gasteiger charge is 2.44. The van der Waals surface area contributed by atoms with Gasteiger partial charge in [0.1, 0.15) is 24.1 Å². The molecule has 1 heterocycles. The van der Waals surface area contributed by atoms with E-state index >= 15 is 0 Å². The second kappa shape index (κ2) is 8.16. The Kier molecular flexibility index (Phi) is 5.77. The van der Waals surface area contributed by atoms with Crippen LogP contribution in [0.5, 0.6) is 5.75 Å². The molecule has 4 rings (SSSR count). The molecule has 1 aliphatic heterocycles. The van der Waals surface area contributed by atoms with E-state index in [1.807, 2.05) is 30.3 Å². The summed E-state index contributed by atoms with van der Waals surface area (Å²) in [6.45, 7) is 0. The van der Waals surface area contributed by atoms with Crippen molar-refractivity contribution in [1.29, 1.82) is 0 Å². The molecular formula is C20H24NO7P. The van der Waals surface area contributed by atoms with Crippen molar-refractivity contribution in [2.45, 2.75) is 43.5 Å². The molecule has 2 aromatic rings. The first-order chi connectivity index (χ1) is 13.8. The third-order valence-corrected chi connectivity index (χ3v) is 6.07. The minimum atomic E-state index is -2.15. The van der Waals surface area contributed by atoms with E-state index < -0.39 is 39.1 Å². The second-order valence-electron chi connectivity index (χ2n) is 7.43. The van der Waals surface area contributed by atoms with Gasteiger partial charge in [0.05, 0.1) is 6.10 Å². The predicted octanol–water partition coefficient (Wildman–Crippen LogP) is 0.713. The van der Waals surface area contributed by atoms with E-state index in [0.717, 1.165) is 22.3 Å². The number of hydrogen-bond acceptors (Lipinski definition) is 8. The van der Waals surface area contributed by atoms with Gasteiger partial charge in [-0.3, -0.25) is 0 Å². The number of fused-ring (bicyclic) bond motifs is 3. The maximum atomic E-state index is 10.3. The molecule has 2 aromatic carbocycles. The number of ether oxygens (including phenoxy) is 2. The normalized spacial score (nSPS) is 28.3. The van der Waals surface area contributed by atoms with Crippen LogP contribution < -0.4 is 10.5 Å². The van der Waals surface area contributed by atoms with Crippen LogP contribution in [0.3, 0.4) is 0 Å². The largest absolute Gasteiger partial charge is 0.462 e. The fraction of sp³-hybridized carbons (Fsp3) is 0.400. The number of hydrogen-bond donors (Lipinski definition) is 6. The van der Waals surface area contributed by atoms with E-state index in [9.17, 15) is 15.3 Å². The van der Waals surface area contributed by atoms with Crippen LogP contribution in [0.1, 0.15) is 17.5 Å². The van der Waals surface area contributed by atoms with Crippen LogP contribution in [-0.4, -0.2) is 62.0 Å². The second-order valence-corrected chi connectivity index (χ2v) is 8.62. The fourth-order valence-corrected chi connectivity index (χ4v) is 4.39. The van der Waals surface area contributed by atoms with Gasteiger partial charge in [0, 0.05) is 11.8 Å². The molecule has 156 valence electrons. The predicted molar refractivity (Wildman–Crippen MR) is 107 cm³/mol. The highest BCUT2D eigenvalue weighted by molar-refractivity contribution is 7.45. The van der Waals surface area contributed by atoms with Gasteiger partial charge in [0.15, 0.2) is 8.38 Å². The molecule has 9 heteroatoms. The van der Waals surface area contributed by atoms with Gasteiger partial charge < -0.3 is 40.3 Å². The molecule has 0 radical (unpaired) electrons. The molecular weight excluding hydrogens is 397 g/mol. The Morgan fingerprint density at radius 1 is 0.966 bits per heavy atom. The topological polar surface area (TPSA) is 146 Å². The lowest BCUT2D eigenvalue weighted by Gasteiger charge is -2.40. The molecule has 0 saturated carbocycles. The van der Waals surface area contributed by atoms with Crippen molar-refractivity contribution in [1.82, 2.24) is 0 Å². The van der Waals surface area contributed by atoms with E-state index in [1.165, 1.54) is 0 Å². The van der Waals surface area contributed by atoms with Gasteiger partial charge >= 0.3 is 0 Å². The summed E-state index contributed by atoms with van der Waals surface area (Å²) in [5.41, 5.74) is 11.0. The summed E-state index contributed by atoms with van der Waals surface area (Å²) in [4.78, 5) is 18.2. The van der Waals surface area contributed by atoms with E-state index in [2.05, 4.69) is 0 Å². The first-order valence-corrected chi connectivity index (χ1v) is 10.8. The first-order valence-electron chi connectivity index (χ1n) is 9.37.